The molecule has 0 aliphatic heterocycles. The van der Waals surface area contributed by atoms with E-state index in [1.165, 1.54) is 13.0 Å². The number of hydrogen-bond donors (Lipinski definition) is 0. The molecule has 166 valence electrons. The van der Waals surface area contributed by atoms with Crippen molar-refractivity contribution in [1.29, 1.82) is 0 Å². The Bertz CT molecular complexity index is 825. The molecule has 30 heavy (non-hydrogen) atoms. The average molecular weight is 451 g/mol. The number of benzene rings is 1. The lowest BCUT2D eigenvalue weighted by Gasteiger charge is -2.27. The maximum atomic E-state index is 12.0. The van der Waals surface area contributed by atoms with Gasteiger partial charge in [0.2, 0.25) is 16.6 Å². The summed E-state index contributed by atoms with van der Waals surface area (Å²) in [6.07, 6.45) is 4.77. The number of carbonyl (C=O) groups excluding carboxylic acids is 2. The molecule has 0 radical (unpaired) electrons. The Labute approximate surface area is 182 Å². The first-order valence-corrected chi connectivity index (χ1v) is 16.7. The summed E-state index contributed by atoms with van der Waals surface area (Å²) in [5, 5.41) is 0. The van der Waals surface area contributed by atoms with Crippen LogP contribution in [0.5, 0.6) is 17.2 Å². The molecule has 1 aromatic carbocycles. The maximum absolute atomic E-state index is 12.0. The van der Waals surface area contributed by atoms with Crippen LogP contribution in [0.2, 0.25) is 39.3 Å². The Kier molecular flexibility index (Phi) is 9.11. The van der Waals surface area contributed by atoms with Gasteiger partial charge in [-0.1, -0.05) is 5.57 Å². The molecular formula is C22H34O6Si2. The van der Waals surface area contributed by atoms with Crippen LogP contribution in [0.25, 0.3) is 6.08 Å². The van der Waals surface area contributed by atoms with E-state index in [1.807, 2.05) is 39.6 Å². The molecule has 0 aliphatic rings. The van der Waals surface area contributed by atoms with Gasteiger partial charge in [0.05, 0.1) is 0 Å². The minimum atomic E-state index is -2.02. The molecule has 0 N–H and O–H groups in total. The summed E-state index contributed by atoms with van der Waals surface area (Å²) in [5.74, 6) is 0.287. The van der Waals surface area contributed by atoms with Gasteiger partial charge in [-0.05, 0) is 83.0 Å². The van der Waals surface area contributed by atoms with E-state index >= 15 is 0 Å². The highest BCUT2D eigenvalue weighted by atomic mass is 28.4. The van der Waals surface area contributed by atoms with E-state index in [0.717, 1.165) is 5.57 Å². The van der Waals surface area contributed by atoms with Crippen LogP contribution >= 0.6 is 0 Å². The van der Waals surface area contributed by atoms with Crippen molar-refractivity contribution in [3.63, 3.8) is 0 Å². The molecule has 1 rings (SSSR count). The van der Waals surface area contributed by atoms with Crippen LogP contribution in [-0.4, -0.2) is 35.2 Å². The fraction of sp³-hybridized carbons (Fsp3) is 0.455. The van der Waals surface area contributed by atoms with Crippen LogP contribution in [0, 0.1) is 0 Å². The first kappa shape index (κ1) is 25.7. The molecule has 0 aromatic heterocycles. The standard InChI is InChI=1S/C22H34O6Si2/c1-16(2)12-13-25-21(24)11-10-18-14-19(26-17(3)23)22(28-30(7,8)9)20(15-18)27-29(4,5)6/h10-12,14-15H,13H2,1-9H3/b11-10+. The van der Waals surface area contributed by atoms with Crippen molar-refractivity contribution < 1.29 is 27.9 Å². The zero-order valence-electron chi connectivity index (χ0n) is 19.5. The predicted molar refractivity (Wildman–Crippen MR) is 125 cm³/mol. The molecule has 0 saturated carbocycles. The van der Waals surface area contributed by atoms with Crippen molar-refractivity contribution in [1.82, 2.24) is 0 Å². The lowest BCUT2D eigenvalue weighted by atomic mass is 10.1. The largest absolute Gasteiger partial charge is 0.542 e. The molecule has 0 fully saturated rings. The summed E-state index contributed by atoms with van der Waals surface area (Å²) in [7, 11) is -4.01. The molecule has 0 unspecified atom stereocenters. The normalized spacial score (nSPS) is 11.8. The molecule has 0 saturated heterocycles. The minimum Gasteiger partial charge on any atom is -0.542 e. The number of hydrogen-bond acceptors (Lipinski definition) is 6. The number of allylic oxidation sites excluding steroid dienone is 1. The highest BCUT2D eigenvalue weighted by Crippen LogP contribution is 2.42. The quantitative estimate of drug-likeness (QED) is 0.161. The maximum Gasteiger partial charge on any atom is 0.331 e. The SMILES string of the molecule is CC(=O)Oc1cc(/C=C/C(=O)OCC=C(C)C)cc(O[Si](C)(C)C)c1O[Si](C)(C)C. The monoisotopic (exact) mass is 450 g/mol. The average Bonchev–Trinajstić information content (AvgIpc) is 2.52. The Morgan fingerprint density at radius 2 is 1.47 bits per heavy atom. The van der Waals surface area contributed by atoms with E-state index in [-0.39, 0.29) is 12.4 Å². The van der Waals surface area contributed by atoms with E-state index in [1.54, 1.807) is 18.2 Å². The van der Waals surface area contributed by atoms with Crippen molar-refractivity contribution in [2.24, 2.45) is 0 Å². The van der Waals surface area contributed by atoms with Gasteiger partial charge < -0.3 is 18.3 Å². The van der Waals surface area contributed by atoms with Gasteiger partial charge in [0.15, 0.2) is 11.5 Å². The van der Waals surface area contributed by atoms with Crippen LogP contribution in [0.4, 0.5) is 0 Å². The van der Waals surface area contributed by atoms with Crippen LogP contribution < -0.4 is 13.6 Å². The molecule has 0 bridgehead atoms. The Morgan fingerprint density at radius 1 is 0.900 bits per heavy atom. The lowest BCUT2D eigenvalue weighted by molar-refractivity contribution is -0.136. The van der Waals surface area contributed by atoms with Gasteiger partial charge in [0.25, 0.3) is 0 Å². The first-order valence-electron chi connectivity index (χ1n) is 9.89. The fourth-order valence-corrected chi connectivity index (χ4v) is 3.86. The zero-order valence-corrected chi connectivity index (χ0v) is 21.5. The van der Waals surface area contributed by atoms with E-state index in [0.29, 0.717) is 17.1 Å². The predicted octanol–water partition coefficient (Wildman–Crippen LogP) is 5.56. The second-order valence-corrected chi connectivity index (χ2v) is 18.0. The van der Waals surface area contributed by atoms with Crippen LogP contribution in [0.15, 0.2) is 29.9 Å². The molecule has 6 nitrogen and oxygen atoms in total. The Balaban J connectivity index is 3.34. The zero-order chi connectivity index (χ0) is 23.1. The number of carbonyl (C=O) groups is 2. The van der Waals surface area contributed by atoms with Gasteiger partial charge in [-0.3, -0.25) is 4.79 Å². The number of ether oxygens (including phenoxy) is 2. The molecule has 8 heteroatoms. The second-order valence-electron chi connectivity index (χ2n) is 9.11. The lowest BCUT2D eigenvalue weighted by Crippen LogP contribution is -2.32. The van der Waals surface area contributed by atoms with Gasteiger partial charge >= 0.3 is 11.9 Å². The van der Waals surface area contributed by atoms with Gasteiger partial charge in [0.1, 0.15) is 12.4 Å². The molecular weight excluding hydrogens is 416 g/mol. The number of rotatable bonds is 9. The van der Waals surface area contributed by atoms with Gasteiger partial charge in [-0.2, -0.15) is 0 Å². The van der Waals surface area contributed by atoms with Crippen molar-refractivity contribution in [2.45, 2.75) is 60.1 Å². The van der Waals surface area contributed by atoms with Crippen LogP contribution in [-0.2, 0) is 14.3 Å². The molecule has 1 aromatic rings. The van der Waals surface area contributed by atoms with E-state index in [2.05, 4.69) is 19.6 Å². The van der Waals surface area contributed by atoms with Crippen LogP contribution in [0.1, 0.15) is 26.3 Å². The fourth-order valence-electron chi connectivity index (χ4n) is 2.24. The van der Waals surface area contributed by atoms with Crippen molar-refractivity contribution in [3.05, 3.63) is 35.4 Å². The summed E-state index contributed by atoms with van der Waals surface area (Å²) in [4.78, 5) is 23.6. The van der Waals surface area contributed by atoms with Crippen molar-refractivity contribution in [2.75, 3.05) is 6.61 Å². The molecule has 0 amide bonds. The minimum absolute atomic E-state index is 0.219. The van der Waals surface area contributed by atoms with Gasteiger partial charge in [0, 0.05) is 13.0 Å². The first-order chi connectivity index (χ1) is 13.7. The summed E-state index contributed by atoms with van der Waals surface area (Å²) < 4.78 is 23.0. The smallest absolute Gasteiger partial charge is 0.331 e. The van der Waals surface area contributed by atoms with E-state index in [9.17, 15) is 9.59 Å². The molecule has 0 atom stereocenters. The summed E-state index contributed by atoms with van der Waals surface area (Å²) >= 11 is 0. The third kappa shape index (κ3) is 10.5. The van der Waals surface area contributed by atoms with Crippen molar-refractivity contribution >= 4 is 34.6 Å². The summed E-state index contributed by atoms with van der Waals surface area (Å²) in [6.45, 7) is 17.7. The third-order valence-electron chi connectivity index (χ3n) is 3.25. The van der Waals surface area contributed by atoms with E-state index in [4.69, 9.17) is 18.3 Å². The van der Waals surface area contributed by atoms with E-state index < -0.39 is 28.6 Å². The summed E-state index contributed by atoms with van der Waals surface area (Å²) in [6, 6.07) is 3.45. The van der Waals surface area contributed by atoms with Gasteiger partial charge in [-0.15, -0.1) is 0 Å². The highest BCUT2D eigenvalue weighted by molar-refractivity contribution is 6.71. The molecule has 0 spiro atoms. The third-order valence-corrected chi connectivity index (χ3v) is 4.90. The topological polar surface area (TPSA) is 71.1 Å². The highest BCUT2D eigenvalue weighted by Gasteiger charge is 2.27. The Hall–Kier alpha value is -2.33. The van der Waals surface area contributed by atoms with Gasteiger partial charge in [-0.25, -0.2) is 4.79 Å². The summed E-state index contributed by atoms with van der Waals surface area (Å²) in [5.41, 5.74) is 1.71. The Morgan fingerprint density at radius 3 is 1.97 bits per heavy atom. The molecule has 0 aliphatic carbocycles. The second kappa shape index (κ2) is 10.6. The van der Waals surface area contributed by atoms with Crippen molar-refractivity contribution in [3.8, 4) is 17.2 Å². The van der Waals surface area contributed by atoms with Crippen LogP contribution in [0.3, 0.4) is 0 Å². The molecule has 0 heterocycles. The number of esters is 2.